The molecule has 0 amide bonds. The fraction of sp³-hybridized carbons (Fsp3) is 1.00. The van der Waals surface area contributed by atoms with Gasteiger partial charge in [0.2, 0.25) is 4.52 Å². The minimum Gasteiger partial charge on any atom is -0.394 e. The van der Waals surface area contributed by atoms with Gasteiger partial charge in [0, 0.05) is 0 Å². The Morgan fingerprint density at radius 1 is 1.42 bits per heavy atom. The normalized spacial score (nSPS) is 24.8. The van der Waals surface area contributed by atoms with Crippen LogP contribution in [0.1, 0.15) is 6.92 Å². The van der Waals surface area contributed by atoms with E-state index in [0.717, 1.165) is 0 Å². The molecule has 0 aromatic rings. The van der Waals surface area contributed by atoms with Crippen molar-refractivity contribution in [2.24, 2.45) is 0 Å². The number of aliphatic hydroxyl groups excluding tert-OH is 3. The van der Waals surface area contributed by atoms with E-state index in [1.807, 2.05) is 6.92 Å². The number of ether oxygens (including phenoxy) is 1. The first-order valence-electron chi connectivity index (χ1n) is 3.39. The predicted molar refractivity (Wildman–Crippen MR) is 45.2 cm³/mol. The van der Waals surface area contributed by atoms with E-state index in [2.05, 4.69) is 4.74 Å². The largest absolute Gasteiger partial charge is 0.394 e. The SMILES string of the molecule is CC1OC1(Cl)Cl.OCC(O)CO. The van der Waals surface area contributed by atoms with Crippen molar-refractivity contribution in [3.63, 3.8) is 0 Å². The third-order valence-corrected chi connectivity index (χ3v) is 1.96. The highest BCUT2D eigenvalue weighted by molar-refractivity contribution is 6.49. The molecule has 1 atom stereocenters. The van der Waals surface area contributed by atoms with Crippen LogP contribution in [0.25, 0.3) is 0 Å². The van der Waals surface area contributed by atoms with E-state index in [-0.39, 0.29) is 19.3 Å². The van der Waals surface area contributed by atoms with Crippen LogP contribution in [0.5, 0.6) is 0 Å². The Morgan fingerprint density at radius 3 is 1.67 bits per heavy atom. The van der Waals surface area contributed by atoms with Gasteiger partial charge in [0.25, 0.3) is 0 Å². The number of rotatable bonds is 2. The van der Waals surface area contributed by atoms with E-state index in [9.17, 15) is 0 Å². The Kier molecular flexibility index (Phi) is 5.40. The molecule has 74 valence electrons. The van der Waals surface area contributed by atoms with Gasteiger partial charge in [-0.2, -0.15) is 0 Å². The van der Waals surface area contributed by atoms with Crippen molar-refractivity contribution in [1.29, 1.82) is 0 Å². The highest BCUT2D eigenvalue weighted by Gasteiger charge is 2.50. The second kappa shape index (κ2) is 5.21. The van der Waals surface area contributed by atoms with E-state index in [1.165, 1.54) is 0 Å². The van der Waals surface area contributed by atoms with Crippen molar-refractivity contribution < 1.29 is 20.1 Å². The molecule has 0 radical (unpaired) electrons. The van der Waals surface area contributed by atoms with E-state index < -0.39 is 10.6 Å². The number of alkyl halides is 2. The Hall–Kier alpha value is 0.420. The molecule has 3 N–H and O–H groups in total. The molecule has 1 aliphatic heterocycles. The average molecular weight is 219 g/mol. The summed E-state index contributed by atoms with van der Waals surface area (Å²) < 4.78 is 3.79. The third-order valence-electron chi connectivity index (χ3n) is 1.17. The van der Waals surface area contributed by atoms with Gasteiger partial charge >= 0.3 is 0 Å². The van der Waals surface area contributed by atoms with E-state index in [4.69, 9.17) is 38.5 Å². The zero-order valence-electron chi connectivity index (χ0n) is 6.57. The first-order chi connectivity index (χ1) is 5.44. The van der Waals surface area contributed by atoms with Crippen molar-refractivity contribution in [3.8, 4) is 0 Å². The molecule has 6 heteroatoms. The second-order valence-electron chi connectivity index (χ2n) is 2.34. The fourth-order valence-electron chi connectivity index (χ4n) is 0.259. The quantitative estimate of drug-likeness (QED) is 0.446. The molecule has 1 rings (SSSR count). The fourth-order valence-corrected chi connectivity index (χ4v) is 0.527. The van der Waals surface area contributed by atoms with Gasteiger partial charge in [-0.05, 0) is 6.92 Å². The highest BCUT2D eigenvalue weighted by atomic mass is 35.5. The van der Waals surface area contributed by atoms with Gasteiger partial charge in [-0.3, -0.25) is 0 Å². The van der Waals surface area contributed by atoms with Crippen molar-refractivity contribution in [3.05, 3.63) is 0 Å². The highest BCUT2D eigenvalue weighted by Crippen LogP contribution is 2.43. The molecule has 1 fully saturated rings. The molecule has 4 nitrogen and oxygen atoms in total. The van der Waals surface area contributed by atoms with Gasteiger partial charge in [-0.1, -0.05) is 23.2 Å². The molecule has 1 unspecified atom stereocenters. The van der Waals surface area contributed by atoms with Crippen LogP contribution in [0, 0.1) is 0 Å². The monoisotopic (exact) mass is 218 g/mol. The van der Waals surface area contributed by atoms with Gasteiger partial charge in [0.05, 0.1) is 13.2 Å². The van der Waals surface area contributed by atoms with Gasteiger partial charge in [-0.25, -0.2) is 0 Å². The maximum absolute atomic E-state index is 8.17. The molecule has 0 spiro atoms. The smallest absolute Gasteiger partial charge is 0.244 e. The third kappa shape index (κ3) is 5.13. The van der Waals surface area contributed by atoms with Crippen LogP contribution in [0.3, 0.4) is 0 Å². The number of halogens is 2. The van der Waals surface area contributed by atoms with Crippen LogP contribution in [-0.4, -0.2) is 45.3 Å². The van der Waals surface area contributed by atoms with Crippen molar-refractivity contribution in [1.82, 2.24) is 0 Å². The number of hydrogen-bond donors (Lipinski definition) is 3. The lowest BCUT2D eigenvalue weighted by Crippen LogP contribution is -2.15. The van der Waals surface area contributed by atoms with Crippen LogP contribution >= 0.6 is 23.2 Å². The van der Waals surface area contributed by atoms with Crippen molar-refractivity contribution in [2.45, 2.75) is 23.7 Å². The summed E-state index contributed by atoms with van der Waals surface area (Å²) in [4.78, 5) is 0. The Labute approximate surface area is 80.7 Å². The van der Waals surface area contributed by atoms with E-state index in [1.54, 1.807) is 0 Å². The number of aliphatic hydroxyl groups is 3. The number of epoxide rings is 1. The van der Waals surface area contributed by atoms with Gasteiger partial charge in [-0.15, -0.1) is 0 Å². The average Bonchev–Trinajstić information content (AvgIpc) is 2.56. The second-order valence-corrected chi connectivity index (χ2v) is 3.66. The summed E-state index contributed by atoms with van der Waals surface area (Å²) in [5.74, 6) is 0. The lowest BCUT2D eigenvalue weighted by Gasteiger charge is -1.96. The lowest BCUT2D eigenvalue weighted by molar-refractivity contribution is 0.0450. The molecule has 1 heterocycles. The summed E-state index contributed by atoms with van der Waals surface area (Å²) in [6.45, 7) is 1.09. The zero-order chi connectivity index (χ0) is 9.78. The van der Waals surface area contributed by atoms with Crippen LogP contribution in [0.4, 0.5) is 0 Å². The van der Waals surface area contributed by atoms with Gasteiger partial charge < -0.3 is 20.1 Å². The van der Waals surface area contributed by atoms with Crippen molar-refractivity contribution >= 4 is 23.2 Å². The Balaban J connectivity index is 0.000000202. The lowest BCUT2D eigenvalue weighted by atomic mass is 10.4. The maximum atomic E-state index is 8.17. The summed E-state index contributed by atoms with van der Waals surface area (Å²) >= 11 is 10.7. The molecule has 0 saturated carbocycles. The Morgan fingerprint density at radius 2 is 1.67 bits per heavy atom. The van der Waals surface area contributed by atoms with Crippen molar-refractivity contribution in [2.75, 3.05) is 13.2 Å². The van der Waals surface area contributed by atoms with Gasteiger partial charge in [0.1, 0.15) is 12.2 Å². The topological polar surface area (TPSA) is 73.2 Å². The standard InChI is InChI=1S/C3H4Cl2O.C3H8O3/c1-2-3(4,5)6-2;4-1-3(6)2-5/h2H,1H3;3-6H,1-2H2. The molecule has 12 heavy (non-hydrogen) atoms. The van der Waals surface area contributed by atoms with Crippen LogP contribution in [0.2, 0.25) is 0 Å². The van der Waals surface area contributed by atoms with Crippen LogP contribution < -0.4 is 0 Å². The first kappa shape index (κ1) is 12.4. The molecular weight excluding hydrogens is 207 g/mol. The minimum atomic E-state index is -0.954. The molecule has 0 aromatic carbocycles. The van der Waals surface area contributed by atoms with Crippen LogP contribution in [0.15, 0.2) is 0 Å². The molecular formula is C6H12Cl2O4. The predicted octanol–water partition coefficient (Wildman–Crippen LogP) is -0.132. The summed E-state index contributed by atoms with van der Waals surface area (Å²) in [7, 11) is 0. The van der Waals surface area contributed by atoms with E-state index in [0.29, 0.717) is 0 Å². The molecule has 0 bridgehead atoms. The molecule has 1 saturated heterocycles. The number of hydrogen-bond acceptors (Lipinski definition) is 4. The minimum absolute atomic E-state index is 0.0285. The van der Waals surface area contributed by atoms with E-state index >= 15 is 0 Å². The first-order valence-corrected chi connectivity index (χ1v) is 4.15. The summed E-state index contributed by atoms with van der Waals surface area (Å²) in [5, 5.41) is 24.0. The molecule has 0 aliphatic carbocycles. The molecule has 1 aliphatic rings. The summed E-state index contributed by atoms with van der Waals surface area (Å²) in [6, 6.07) is 0. The zero-order valence-corrected chi connectivity index (χ0v) is 8.09. The summed E-state index contributed by atoms with van der Waals surface area (Å²) in [5.41, 5.74) is 0. The molecule has 0 aromatic heterocycles. The van der Waals surface area contributed by atoms with Gasteiger partial charge in [0.15, 0.2) is 0 Å². The summed E-state index contributed by atoms with van der Waals surface area (Å²) in [6.07, 6.45) is -0.925. The Bertz CT molecular complexity index is 127. The maximum Gasteiger partial charge on any atom is 0.244 e. The van der Waals surface area contributed by atoms with Crippen LogP contribution in [-0.2, 0) is 4.74 Å².